The van der Waals surface area contributed by atoms with Crippen LogP contribution in [-0.2, 0) is 4.74 Å². The number of ether oxygens (including phenoxy) is 1. The summed E-state index contributed by atoms with van der Waals surface area (Å²) in [7, 11) is 0. The molecule has 1 aliphatic heterocycles. The Bertz CT molecular complexity index is 1540. The van der Waals surface area contributed by atoms with Gasteiger partial charge in [-0.25, -0.2) is 9.98 Å². The van der Waals surface area contributed by atoms with Gasteiger partial charge in [-0.1, -0.05) is 60.7 Å². The van der Waals surface area contributed by atoms with Crippen LogP contribution in [0.3, 0.4) is 0 Å². The molecule has 0 amide bonds. The highest BCUT2D eigenvalue weighted by Gasteiger charge is 2.23. The lowest BCUT2D eigenvalue weighted by molar-refractivity contribution is -0.759. The van der Waals surface area contributed by atoms with Gasteiger partial charge in [0.15, 0.2) is 0 Å². The molecule has 0 spiro atoms. The van der Waals surface area contributed by atoms with Gasteiger partial charge in [0.1, 0.15) is 4.83 Å². The van der Waals surface area contributed by atoms with E-state index in [0.717, 1.165) is 27.8 Å². The van der Waals surface area contributed by atoms with Crippen LogP contribution in [0.4, 0.5) is 11.6 Å². The Kier molecular flexibility index (Phi) is 5.80. The minimum absolute atomic E-state index is 0.101. The maximum atomic E-state index is 13.2. The zero-order valence-corrected chi connectivity index (χ0v) is 20.0. The van der Waals surface area contributed by atoms with Crippen molar-refractivity contribution in [3.8, 4) is 22.4 Å². The topological polar surface area (TPSA) is 117 Å². The number of hydrogen-bond donors (Lipinski definition) is 1. The first-order valence-corrected chi connectivity index (χ1v) is 12.3. The fourth-order valence-corrected chi connectivity index (χ4v) is 5.21. The molecule has 0 atom stereocenters. The zero-order chi connectivity index (χ0) is 24.5. The number of benzene rings is 2. The van der Waals surface area contributed by atoms with Crippen molar-refractivity contribution >= 4 is 39.0 Å². The normalized spacial score (nSPS) is 14.4. The van der Waals surface area contributed by atoms with Gasteiger partial charge in [-0.05, 0) is 17.2 Å². The van der Waals surface area contributed by atoms with Gasteiger partial charge in [0.25, 0.3) is 6.20 Å². The molecule has 10 heteroatoms. The van der Waals surface area contributed by atoms with Crippen molar-refractivity contribution in [1.29, 1.82) is 0 Å². The molecule has 1 fully saturated rings. The number of aliphatic imine (C=N–C) groups is 1. The molecule has 2 N–H and O–H groups in total. The first-order chi connectivity index (χ1) is 17.7. The fraction of sp³-hybridized carbons (Fsp3) is 0.154. The number of anilines is 1. The summed E-state index contributed by atoms with van der Waals surface area (Å²) in [5, 5.41) is 19.9. The molecule has 180 valence electrons. The highest BCUT2D eigenvalue weighted by molar-refractivity contribution is 7.21. The number of fused-ring (bicyclic) bond motifs is 1. The van der Waals surface area contributed by atoms with E-state index in [1.165, 1.54) is 11.3 Å². The van der Waals surface area contributed by atoms with E-state index in [1.807, 2.05) is 71.7 Å². The Morgan fingerprint density at radius 2 is 1.72 bits per heavy atom. The van der Waals surface area contributed by atoms with Crippen LogP contribution in [0, 0.1) is 0 Å². The third kappa shape index (κ3) is 4.16. The molecular weight excluding hydrogens is 476 g/mol. The SMILES string of the molecule is Nc1c(/C([O-])=N/c2c[n+](N3CCOCC3)no2)sc2nc(-c3ccccc3)cc(-c3ccccc3)c12. The third-order valence-corrected chi connectivity index (χ3v) is 7.07. The lowest BCUT2D eigenvalue weighted by atomic mass is 9.99. The number of thiophene rings is 1. The predicted molar refractivity (Wildman–Crippen MR) is 137 cm³/mol. The summed E-state index contributed by atoms with van der Waals surface area (Å²) in [6.07, 6.45) is 1.58. The van der Waals surface area contributed by atoms with Gasteiger partial charge in [0, 0.05) is 16.8 Å². The van der Waals surface area contributed by atoms with Crippen LogP contribution in [0.25, 0.3) is 32.6 Å². The van der Waals surface area contributed by atoms with Crippen LogP contribution in [0.2, 0.25) is 0 Å². The number of pyridine rings is 1. The van der Waals surface area contributed by atoms with Gasteiger partial charge >= 0.3 is 5.88 Å². The number of nitrogens with two attached hydrogens (primary N) is 1. The van der Waals surface area contributed by atoms with Crippen molar-refractivity contribution in [2.24, 2.45) is 4.99 Å². The summed E-state index contributed by atoms with van der Waals surface area (Å²) in [4.78, 5) is 11.5. The number of rotatable bonds is 5. The van der Waals surface area contributed by atoms with Crippen LogP contribution >= 0.6 is 11.3 Å². The monoisotopic (exact) mass is 498 g/mol. The molecule has 5 aromatic rings. The molecule has 0 unspecified atom stereocenters. The number of nitrogen functional groups attached to an aromatic ring is 1. The fourth-order valence-electron chi connectivity index (χ4n) is 4.20. The van der Waals surface area contributed by atoms with Crippen LogP contribution in [-0.4, -0.2) is 42.5 Å². The van der Waals surface area contributed by atoms with Crippen molar-refractivity contribution in [2.45, 2.75) is 0 Å². The maximum absolute atomic E-state index is 13.2. The van der Waals surface area contributed by atoms with E-state index < -0.39 is 5.90 Å². The minimum atomic E-state index is -0.499. The number of nitrogens with zero attached hydrogens (tertiary/aromatic N) is 5. The molecular formula is C26H22N6O3S. The summed E-state index contributed by atoms with van der Waals surface area (Å²) in [6, 6.07) is 21.9. The molecule has 0 saturated carbocycles. The van der Waals surface area contributed by atoms with Crippen LogP contribution in [0.5, 0.6) is 0 Å². The van der Waals surface area contributed by atoms with Gasteiger partial charge in [-0.3, -0.25) is 4.52 Å². The molecule has 2 aromatic carbocycles. The number of aromatic nitrogens is 3. The van der Waals surface area contributed by atoms with Crippen LogP contribution in [0.1, 0.15) is 4.88 Å². The van der Waals surface area contributed by atoms with Crippen molar-refractivity contribution in [3.05, 3.63) is 77.8 Å². The predicted octanol–water partition coefficient (Wildman–Crippen LogP) is 2.89. The average molecular weight is 499 g/mol. The lowest BCUT2D eigenvalue weighted by Crippen LogP contribution is -2.62. The second-order valence-electron chi connectivity index (χ2n) is 8.26. The number of morpholine rings is 1. The van der Waals surface area contributed by atoms with Crippen molar-refractivity contribution < 1.29 is 19.2 Å². The second kappa shape index (κ2) is 9.40. The van der Waals surface area contributed by atoms with E-state index in [0.29, 0.717) is 41.7 Å². The van der Waals surface area contributed by atoms with Crippen molar-refractivity contribution in [1.82, 2.24) is 10.3 Å². The Labute approximate surface area is 210 Å². The first-order valence-electron chi connectivity index (χ1n) is 11.5. The van der Waals surface area contributed by atoms with E-state index in [1.54, 1.807) is 11.0 Å². The minimum Gasteiger partial charge on any atom is -0.857 e. The quantitative estimate of drug-likeness (QED) is 0.225. The molecule has 1 saturated heterocycles. The van der Waals surface area contributed by atoms with Gasteiger partial charge < -0.3 is 15.6 Å². The standard InChI is InChI=1S/C26H22N6O3S/c27-23-22-19(17-7-3-1-4-8-17)15-20(18-9-5-2-6-10-18)28-26(22)36-24(23)25(33)29-21-16-32(30-35-21)31-11-13-34-14-12-31/h1-10,15-16H,11-14H2,(H2-,27,29,30,33). The highest BCUT2D eigenvalue weighted by Crippen LogP contribution is 2.41. The van der Waals surface area contributed by atoms with Gasteiger partial charge in [0.2, 0.25) is 5.27 Å². The Morgan fingerprint density at radius 3 is 2.44 bits per heavy atom. The summed E-state index contributed by atoms with van der Waals surface area (Å²) in [5.41, 5.74) is 10.6. The summed E-state index contributed by atoms with van der Waals surface area (Å²) >= 11 is 1.23. The summed E-state index contributed by atoms with van der Waals surface area (Å²) < 4.78 is 10.6. The Hall–Kier alpha value is -4.28. The molecule has 0 bridgehead atoms. The molecule has 6 rings (SSSR count). The van der Waals surface area contributed by atoms with Crippen molar-refractivity contribution in [2.75, 3.05) is 37.0 Å². The van der Waals surface area contributed by atoms with E-state index in [2.05, 4.69) is 10.3 Å². The molecule has 3 aromatic heterocycles. The molecule has 9 nitrogen and oxygen atoms in total. The average Bonchev–Trinajstić information content (AvgIpc) is 3.54. The smallest absolute Gasteiger partial charge is 0.324 e. The zero-order valence-electron chi connectivity index (χ0n) is 19.2. The maximum Gasteiger partial charge on any atom is 0.324 e. The second-order valence-corrected chi connectivity index (χ2v) is 9.25. The van der Waals surface area contributed by atoms with E-state index in [4.69, 9.17) is 20.0 Å². The van der Waals surface area contributed by atoms with E-state index >= 15 is 0 Å². The van der Waals surface area contributed by atoms with Gasteiger partial charge in [-0.15, -0.1) is 16.3 Å². The van der Waals surface area contributed by atoms with Crippen molar-refractivity contribution in [3.63, 3.8) is 0 Å². The van der Waals surface area contributed by atoms with Gasteiger partial charge in [0.05, 0.1) is 47.4 Å². The highest BCUT2D eigenvalue weighted by atomic mass is 32.1. The largest absolute Gasteiger partial charge is 0.857 e. The lowest BCUT2D eigenvalue weighted by Gasteiger charge is -2.18. The third-order valence-electron chi connectivity index (χ3n) is 5.98. The first kappa shape index (κ1) is 22.2. The molecule has 1 aliphatic rings. The molecule has 0 radical (unpaired) electrons. The Balaban J connectivity index is 1.44. The van der Waals surface area contributed by atoms with Crippen LogP contribution in [0.15, 0.2) is 82.4 Å². The summed E-state index contributed by atoms with van der Waals surface area (Å²) in [6.45, 7) is 2.55. The van der Waals surface area contributed by atoms with Gasteiger partial charge in [-0.2, -0.15) is 0 Å². The Morgan fingerprint density at radius 1 is 1.03 bits per heavy atom. The van der Waals surface area contributed by atoms with E-state index in [-0.39, 0.29) is 5.88 Å². The molecule has 4 heterocycles. The number of hydrogen-bond acceptors (Lipinski definition) is 9. The van der Waals surface area contributed by atoms with Crippen LogP contribution < -0.4 is 20.6 Å². The molecule has 36 heavy (non-hydrogen) atoms. The summed E-state index contributed by atoms with van der Waals surface area (Å²) in [5.74, 6) is -0.398. The van der Waals surface area contributed by atoms with E-state index in [9.17, 15) is 5.11 Å². The molecule has 0 aliphatic carbocycles.